The molecule has 3 aromatic rings. The molecule has 6 heteroatoms. The van der Waals surface area contributed by atoms with Crippen molar-refractivity contribution in [1.29, 1.82) is 0 Å². The summed E-state index contributed by atoms with van der Waals surface area (Å²) in [5, 5.41) is 2.94. The van der Waals surface area contributed by atoms with Gasteiger partial charge < -0.3 is 15.0 Å². The van der Waals surface area contributed by atoms with Gasteiger partial charge in [0.1, 0.15) is 5.82 Å². The van der Waals surface area contributed by atoms with Crippen LogP contribution in [0.1, 0.15) is 17.6 Å². The van der Waals surface area contributed by atoms with Gasteiger partial charge in [-0.1, -0.05) is 18.2 Å². The van der Waals surface area contributed by atoms with Crippen LogP contribution in [0.25, 0.3) is 11.0 Å². The third kappa shape index (κ3) is 3.73. The average Bonchev–Trinajstić information content (AvgIpc) is 2.97. The number of aromatic nitrogens is 3. The molecule has 2 N–H and O–H groups in total. The molecule has 1 unspecified atom stereocenters. The summed E-state index contributed by atoms with van der Waals surface area (Å²) in [4.78, 5) is 24.1. The third-order valence-corrected chi connectivity index (χ3v) is 3.48. The minimum Gasteiger partial charge on any atom is -0.382 e. The molecule has 2 heterocycles. The van der Waals surface area contributed by atoms with E-state index in [0.717, 1.165) is 16.7 Å². The van der Waals surface area contributed by atoms with Crippen molar-refractivity contribution in [2.75, 3.05) is 13.7 Å². The SMILES string of the molecule is COCC(NC(=O)Cc1nc2ccccc2[nH]1)c1ccccn1. The summed E-state index contributed by atoms with van der Waals surface area (Å²) in [6.45, 7) is 0.364. The van der Waals surface area contributed by atoms with Crippen LogP contribution in [0.4, 0.5) is 0 Å². The lowest BCUT2D eigenvalue weighted by Crippen LogP contribution is -2.33. The summed E-state index contributed by atoms with van der Waals surface area (Å²) in [5.41, 5.74) is 2.55. The second-order valence-electron chi connectivity index (χ2n) is 5.21. The van der Waals surface area contributed by atoms with Gasteiger partial charge in [0.25, 0.3) is 0 Å². The van der Waals surface area contributed by atoms with Crippen molar-refractivity contribution >= 4 is 16.9 Å². The van der Waals surface area contributed by atoms with Gasteiger partial charge in [-0.25, -0.2) is 4.98 Å². The molecule has 0 aliphatic rings. The van der Waals surface area contributed by atoms with Crippen molar-refractivity contribution in [3.05, 3.63) is 60.2 Å². The van der Waals surface area contributed by atoms with Gasteiger partial charge in [-0.2, -0.15) is 0 Å². The molecule has 0 fully saturated rings. The van der Waals surface area contributed by atoms with E-state index < -0.39 is 0 Å². The quantitative estimate of drug-likeness (QED) is 0.730. The number of para-hydroxylation sites is 2. The number of aromatic amines is 1. The van der Waals surface area contributed by atoms with Crippen LogP contribution in [0.2, 0.25) is 0 Å². The Morgan fingerprint density at radius 1 is 1.26 bits per heavy atom. The van der Waals surface area contributed by atoms with Crippen molar-refractivity contribution in [3.8, 4) is 0 Å². The van der Waals surface area contributed by atoms with Crippen LogP contribution in [0.5, 0.6) is 0 Å². The number of nitrogens with one attached hydrogen (secondary N) is 2. The number of amides is 1. The van der Waals surface area contributed by atoms with Gasteiger partial charge in [0.2, 0.25) is 5.91 Å². The summed E-state index contributed by atoms with van der Waals surface area (Å²) >= 11 is 0. The van der Waals surface area contributed by atoms with E-state index in [1.807, 2.05) is 42.5 Å². The van der Waals surface area contributed by atoms with Gasteiger partial charge >= 0.3 is 0 Å². The number of imidazole rings is 1. The Kier molecular flexibility index (Phi) is 4.63. The summed E-state index contributed by atoms with van der Waals surface area (Å²) in [5.74, 6) is 0.512. The molecule has 118 valence electrons. The normalized spacial score (nSPS) is 12.2. The van der Waals surface area contributed by atoms with E-state index >= 15 is 0 Å². The average molecular weight is 310 g/mol. The van der Waals surface area contributed by atoms with Crippen LogP contribution in [0.15, 0.2) is 48.7 Å². The number of carbonyl (C=O) groups excluding carboxylic acids is 1. The molecule has 3 rings (SSSR count). The van der Waals surface area contributed by atoms with Crippen LogP contribution >= 0.6 is 0 Å². The molecule has 0 bridgehead atoms. The highest BCUT2D eigenvalue weighted by Gasteiger charge is 2.16. The second-order valence-corrected chi connectivity index (χ2v) is 5.21. The topological polar surface area (TPSA) is 79.9 Å². The zero-order valence-corrected chi connectivity index (χ0v) is 12.8. The Morgan fingerprint density at radius 3 is 2.83 bits per heavy atom. The predicted octanol–water partition coefficient (Wildman–Crippen LogP) is 2.00. The van der Waals surface area contributed by atoms with Gasteiger partial charge in [0, 0.05) is 13.3 Å². The van der Waals surface area contributed by atoms with Gasteiger partial charge in [0.15, 0.2) is 0 Å². The molecule has 2 aromatic heterocycles. The molecular formula is C17H18N4O2. The fourth-order valence-electron chi connectivity index (χ4n) is 2.44. The van der Waals surface area contributed by atoms with Crippen LogP contribution in [0, 0.1) is 0 Å². The highest BCUT2D eigenvalue weighted by Crippen LogP contribution is 2.12. The van der Waals surface area contributed by atoms with Crippen molar-refractivity contribution in [2.24, 2.45) is 0 Å². The van der Waals surface area contributed by atoms with Crippen molar-refractivity contribution < 1.29 is 9.53 Å². The summed E-state index contributed by atoms with van der Waals surface area (Å²) < 4.78 is 5.18. The molecule has 1 amide bonds. The first-order chi connectivity index (χ1) is 11.3. The molecule has 0 saturated carbocycles. The Balaban J connectivity index is 1.69. The van der Waals surface area contributed by atoms with Gasteiger partial charge in [-0.05, 0) is 24.3 Å². The molecule has 0 spiro atoms. The Bertz CT molecular complexity index is 752. The maximum Gasteiger partial charge on any atom is 0.228 e. The second kappa shape index (κ2) is 7.02. The van der Waals surface area contributed by atoms with E-state index in [1.54, 1.807) is 13.3 Å². The lowest BCUT2D eigenvalue weighted by molar-refractivity contribution is -0.121. The maximum atomic E-state index is 12.3. The Morgan fingerprint density at radius 2 is 2.09 bits per heavy atom. The molecule has 1 aromatic carbocycles. The van der Waals surface area contributed by atoms with Crippen LogP contribution in [0.3, 0.4) is 0 Å². The number of carbonyl (C=O) groups is 1. The highest BCUT2D eigenvalue weighted by molar-refractivity contribution is 5.80. The van der Waals surface area contributed by atoms with E-state index in [0.29, 0.717) is 12.4 Å². The summed E-state index contributed by atoms with van der Waals surface area (Å²) in [7, 11) is 1.60. The number of hydrogen-bond donors (Lipinski definition) is 2. The fraction of sp³-hybridized carbons (Fsp3) is 0.235. The van der Waals surface area contributed by atoms with E-state index in [9.17, 15) is 4.79 Å². The number of hydrogen-bond acceptors (Lipinski definition) is 4. The fourth-order valence-corrected chi connectivity index (χ4v) is 2.44. The van der Waals surface area contributed by atoms with Crippen LogP contribution in [-0.4, -0.2) is 34.6 Å². The zero-order valence-electron chi connectivity index (χ0n) is 12.8. The van der Waals surface area contributed by atoms with Crippen LogP contribution in [-0.2, 0) is 16.0 Å². The first-order valence-corrected chi connectivity index (χ1v) is 7.39. The molecule has 6 nitrogen and oxygen atoms in total. The maximum absolute atomic E-state index is 12.3. The number of rotatable bonds is 6. The first-order valence-electron chi connectivity index (χ1n) is 7.39. The van der Waals surface area contributed by atoms with Crippen molar-refractivity contribution in [1.82, 2.24) is 20.3 Å². The minimum absolute atomic E-state index is 0.128. The lowest BCUT2D eigenvalue weighted by atomic mass is 10.2. The molecule has 0 aliphatic carbocycles. The summed E-state index contributed by atoms with van der Waals surface area (Å²) in [6.07, 6.45) is 1.88. The monoisotopic (exact) mass is 310 g/mol. The van der Waals surface area contributed by atoms with E-state index in [4.69, 9.17) is 4.74 Å². The zero-order chi connectivity index (χ0) is 16.1. The number of fused-ring (bicyclic) bond motifs is 1. The molecule has 0 saturated heterocycles. The largest absolute Gasteiger partial charge is 0.382 e. The first kappa shape index (κ1) is 15.2. The molecule has 23 heavy (non-hydrogen) atoms. The molecule has 0 radical (unpaired) electrons. The van der Waals surface area contributed by atoms with Gasteiger partial charge in [-0.3, -0.25) is 9.78 Å². The van der Waals surface area contributed by atoms with Crippen molar-refractivity contribution in [3.63, 3.8) is 0 Å². The van der Waals surface area contributed by atoms with Gasteiger partial charge in [0.05, 0.1) is 35.8 Å². The van der Waals surface area contributed by atoms with E-state index in [1.165, 1.54) is 0 Å². The standard InChI is InChI=1S/C17H18N4O2/c1-23-11-15(12-6-4-5-9-18-12)21-17(22)10-16-19-13-7-2-3-8-14(13)20-16/h2-9,15H,10-11H2,1H3,(H,19,20)(H,21,22). The number of ether oxygens (including phenoxy) is 1. The van der Waals surface area contributed by atoms with Crippen LogP contribution < -0.4 is 5.32 Å². The number of benzene rings is 1. The predicted molar refractivity (Wildman–Crippen MR) is 86.8 cm³/mol. The molecule has 0 aliphatic heterocycles. The van der Waals surface area contributed by atoms with Crippen molar-refractivity contribution in [2.45, 2.75) is 12.5 Å². The highest BCUT2D eigenvalue weighted by atomic mass is 16.5. The smallest absolute Gasteiger partial charge is 0.228 e. The van der Waals surface area contributed by atoms with Gasteiger partial charge in [-0.15, -0.1) is 0 Å². The number of methoxy groups -OCH3 is 1. The number of H-pyrrole nitrogens is 1. The minimum atomic E-state index is -0.280. The van der Waals surface area contributed by atoms with E-state index in [2.05, 4.69) is 20.3 Å². The Labute approximate surface area is 133 Å². The summed E-state index contributed by atoms with van der Waals surface area (Å²) in [6, 6.07) is 13.0. The molecule has 1 atom stereocenters. The van der Waals surface area contributed by atoms with E-state index in [-0.39, 0.29) is 18.4 Å². The third-order valence-electron chi connectivity index (χ3n) is 3.48. The number of nitrogens with zero attached hydrogens (tertiary/aromatic N) is 2. The lowest BCUT2D eigenvalue weighted by Gasteiger charge is -2.17. The molecular weight excluding hydrogens is 292 g/mol. The Hall–Kier alpha value is -2.73. The number of pyridine rings is 1.